The zero-order chi connectivity index (χ0) is 13.5. The molecule has 0 unspecified atom stereocenters. The second-order valence-electron chi connectivity index (χ2n) is 4.54. The van der Waals surface area contributed by atoms with Crippen molar-refractivity contribution in [3.8, 4) is 0 Å². The van der Waals surface area contributed by atoms with Crippen LogP contribution < -0.4 is 16.0 Å². The lowest BCUT2D eigenvalue weighted by atomic mass is 10.4. The van der Waals surface area contributed by atoms with Crippen LogP contribution in [0.25, 0.3) is 0 Å². The van der Waals surface area contributed by atoms with Crippen LogP contribution >= 0.6 is 24.0 Å². The summed E-state index contributed by atoms with van der Waals surface area (Å²) in [6.07, 6.45) is 5.84. The zero-order valence-electron chi connectivity index (χ0n) is 11.4. The van der Waals surface area contributed by atoms with Crippen molar-refractivity contribution in [1.82, 2.24) is 15.6 Å². The molecule has 2 rings (SSSR count). The molecule has 1 fully saturated rings. The lowest BCUT2D eigenvalue weighted by Gasteiger charge is -2.11. The maximum atomic E-state index is 11.7. The molecule has 0 bridgehead atoms. The van der Waals surface area contributed by atoms with Gasteiger partial charge in [0.05, 0.1) is 18.4 Å². The number of amides is 1. The summed E-state index contributed by atoms with van der Waals surface area (Å²) in [4.78, 5) is 19.7. The minimum atomic E-state index is -0.123. The molecule has 20 heavy (non-hydrogen) atoms. The van der Waals surface area contributed by atoms with Crippen LogP contribution in [-0.2, 0) is 4.79 Å². The number of nitrogens with zero attached hydrogens (tertiary/aromatic N) is 2. The Hall–Kier alpha value is -1.38. The summed E-state index contributed by atoms with van der Waals surface area (Å²) in [5.74, 6) is 1.30. The molecule has 7 heteroatoms. The predicted molar refractivity (Wildman–Crippen MR) is 90.4 cm³/mol. The van der Waals surface area contributed by atoms with E-state index in [9.17, 15) is 4.79 Å². The van der Waals surface area contributed by atoms with Gasteiger partial charge in [0.2, 0.25) is 5.91 Å². The van der Waals surface area contributed by atoms with E-state index in [2.05, 4.69) is 25.9 Å². The summed E-state index contributed by atoms with van der Waals surface area (Å²) in [5, 5.41) is 8.93. The summed E-state index contributed by atoms with van der Waals surface area (Å²) >= 11 is 0. The topological polar surface area (TPSA) is 78.4 Å². The van der Waals surface area contributed by atoms with Crippen molar-refractivity contribution in [3.63, 3.8) is 0 Å². The highest BCUT2D eigenvalue weighted by Crippen LogP contribution is 2.27. The van der Waals surface area contributed by atoms with E-state index in [1.54, 1.807) is 31.6 Å². The van der Waals surface area contributed by atoms with E-state index in [0.717, 1.165) is 12.5 Å². The molecule has 3 N–H and O–H groups in total. The summed E-state index contributed by atoms with van der Waals surface area (Å²) < 4.78 is 0. The van der Waals surface area contributed by atoms with Crippen molar-refractivity contribution in [2.75, 3.05) is 25.5 Å². The minimum absolute atomic E-state index is 0. The molecule has 0 atom stereocenters. The number of hydrogen-bond acceptors (Lipinski definition) is 3. The number of carbonyl (C=O) groups excluding carboxylic acids is 1. The number of pyridine rings is 1. The van der Waals surface area contributed by atoms with Gasteiger partial charge in [-0.3, -0.25) is 14.8 Å². The van der Waals surface area contributed by atoms with Crippen LogP contribution in [0.4, 0.5) is 5.69 Å². The third-order valence-electron chi connectivity index (χ3n) is 2.84. The van der Waals surface area contributed by atoms with Gasteiger partial charge in [0.1, 0.15) is 0 Å². The van der Waals surface area contributed by atoms with Crippen LogP contribution in [0.2, 0.25) is 0 Å². The molecular formula is C13H20IN5O. The fraction of sp³-hybridized carbons (Fsp3) is 0.462. The largest absolute Gasteiger partial charge is 0.356 e. The van der Waals surface area contributed by atoms with E-state index in [4.69, 9.17) is 0 Å². The normalized spacial score (nSPS) is 14.2. The van der Waals surface area contributed by atoms with E-state index < -0.39 is 0 Å². The first-order valence-corrected chi connectivity index (χ1v) is 6.42. The van der Waals surface area contributed by atoms with Gasteiger partial charge in [-0.2, -0.15) is 0 Å². The number of nitrogens with one attached hydrogen (secondary N) is 3. The molecule has 0 aromatic carbocycles. The molecule has 1 aliphatic carbocycles. The molecule has 0 aliphatic heterocycles. The maximum absolute atomic E-state index is 11.7. The lowest BCUT2D eigenvalue weighted by Crippen LogP contribution is -2.42. The fourth-order valence-electron chi connectivity index (χ4n) is 1.59. The highest BCUT2D eigenvalue weighted by Gasteiger charge is 2.21. The van der Waals surface area contributed by atoms with Gasteiger partial charge in [-0.15, -0.1) is 24.0 Å². The molecular weight excluding hydrogens is 369 g/mol. The molecule has 1 heterocycles. The summed E-state index contributed by atoms with van der Waals surface area (Å²) in [6.45, 7) is 1.10. The molecule has 1 aliphatic rings. The molecule has 1 saturated carbocycles. The first-order chi connectivity index (χ1) is 9.28. The first-order valence-electron chi connectivity index (χ1n) is 6.42. The number of hydrogen-bond donors (Lipinski definition) is 3. The third kappa shape index (κ3) is 6.18. The Morgan fingerprint density at radius 3 is 2.85 bits per heavy atom. The highest BCUT2D eigenvalue weighted by atomic mass is 127. The first kappa shape index (κ1) is 16.7. The maximum Gasteiger partial charge on any atom is 0.243 e. The van der Waals surface area contributed by atoms with Crippen LogP contribution in [0, 0.1) is 5.92 Å². The fourth-order valence-corrected chi connectivity index (χ4v) is 1.59. The van der Waals surface area contributed by atoms with Gasteiger partial charge in [-0.1, -0.05) is 0 Å². The van der Waals surface area contributed by atoms with Gasteiger partial charge in [0.25, 0.3) is 0 Å². The number of aliphatic imine (C=N–C) groups is 1. The molecule has 0 radical (unpaired) electrons. The number of rotatable bonds is 5. The predicted octanol–water partition coefficient (Wildman–Crippen LogP) is 1.21. The SMILES string of the molecule is CN=C(NCC(=O)Nc1cccnc1)NCC1CC1.I. The van der Waals surface area contributed by atoms with Crippen LogP contribution in [0.3, 0.4) is 0 Å². The number of anilines is 1. The van der Waals surface area contributed by atoms with Gasteiger partial charge >= 0.3 is 0 Å². The van der Waals surface area contributed by atoms with Crippen LogP contribution in [0.15, 0.2) is 29.5 Å². The number of carbonyl (C=O) groups is 1. The van der Waals surface area contributed by atoms with E-state index in [-0.39, 0.29) is 36.4 Å². The van der Waals surface area contributed by atoms with Gasteiger partial charge in [-0.25, -0.2) is 0 Å². The average molecular weight is 389 g/mol. The molecule has 1 amide bonds. The molecule has 110 valence electrons. The Bertz CT molecular complexity index is 447. The van der Waals surface area contributed by atoms with Crippen molar-refractivity contribution in [1.29, 1.82) is 0 Å². The van der Waals surface area contributed by atoms with Crippen molar-refractivity contribution >= 4 is 41.5 Å². The molecule has 0 saturated heterocycles. The van der Waals surface area contributed by atoms with Gasteiger partial charge in [0, 0.05) is 19.8 Å². The summed E-state index contributed by atoms with van der Waals surface area (Å²) in [7, 11) is 1.70. The van der Waals surface area contributed by atoms with Crippen molar-refractivity contribution < 1.29 is 4.79 Å². The van der Waals surface area contributed by atoms with Gasteiger partial charge in [0.15, 0.2) is 5.96 Å². The molecule has 1 aromatic rings. The highest BCUT2D eigenvalue weighted by molar-refractivity contribution is 14.0. The van der Waals surface area contributed by atoms with Gasteiger partial charge < -0.3 is 16.0 Å². The van der Waals surface area contributed by atoms with Crippen molar-refractivity contribution in [3.05, 3.63) is 24.5 Å². The van der Waals surface area contributed by atoms with Crippen molar-refractivity contribution in [2.45, 2.75) is 12.8 Å². The number of aromatic nitrogens is 1. The summed E-state index contributed by atoms with van der Waals surface area (Å²) in [5.41, 5.74) is 0.690. The minimum Gasteiger partial charge on any atom is -0.356 e. The van der Waals surface area contributed by atoms with E-state index >= 15 is 0 Å². The Kier molecular flexibility index (Phi) is 7.27. The van der Waals surface area contributed by atoms with Crippen LogP contribution in [0.1, 0.15) is 12.8 Å². The second-order valence-corrected chi connectivity index (χ2v) is 4.54. The monoisotopic (exact) mass is 389 g/mol. The van der Waals surface area contributed by atoms with Crippen LogP contribution in [0.5, 0.6) is 0 Å². The van der Waals surface area contributed by atoms with Gasteiger partial charge in [-0.05, 0) is 30.9 Å². The second kappa shape index (κ2) is 8.72. The third-order valence-corrected chi connectivity index (χ3v) is 2.84. The molecule has 1 aromatic heterocycles. The number of halogens is 1. The quantitative estimate of drug-likeness (QED) is 0.402. The van der Waals surface area contributed by atoms with Crippen LogP contribution in [-0.4, -0.2) is 37.0 Å². The standard InChI is InChI=1S/C13H19N5O.HI/c1-14-13(16-7-10-4-5-10)17-9-12(19)18-11-3-2-6-15-8-11;/h2-3,6,8,10H,4-5,7,9H2,1H3,(H,18,19)(H2,14,16,17);1H. The smallest absolute Gasteiger partial charge is 0.243 e. The lowest BCUT2D eigenvalue weighted by molar-refractivity contribution is -0.115. The molecule has 0 spiro atoms. The average Bonchev–Trinajstić information content (AvgIpc) is 3.24. The number of guanidine groups is 1. The zero-order valence-corrected chi connectivity index (χ0v) is 13.8. The summed E-state index contributed by atoms with van der Waals surface area (Å²) in [6, 6.07) is 3.57. The van der Waals surface area contributed by atoms with E-state index in [1.165, 1.54) is 12.8 Å². The van der Waals surface area contributed by atoms with E-state index in [1.807, 2.05) is 0 Å². The Morgan fingerprint density at radius 1 is 1.45 bits per heavy atom. The Labute approximate surface area is 135 Å². The van der Waals surface area contributed by atoms with Crippen molar-refractivity contribution in [2.24, 2.45) is 10.9 Å². The Balaban J connectivity index is 0.00000200. The van der Waals surface area contributed by atoms with E-state index in [0.29, 0.717) is 11.6 Å². The Morgan fingerprint density at radius 2 is 2.25 bits per heavy atom. The molecule has 6 nitrogen and oxygen atoms in total.